The molecule has 1 saturated heterocycles. The maximum atomic E-state index is 13.8. The molecule has 2 fully saturated rings. The molecule has 0 aromatic heterocycles. The molecule has 5 nitrogen and oxygen atoms in total. The zero-order valence-corrected chi connectivity index (χ0v) is 21.8. The van der Waals surface area contributed by atoms with Gasteiger partial charge in [0.05, 0.1) is 22.9 Å². The van der Waals surface area contributed by atoms with Crippen molar-refractivity contribution in [3.05, 3.63) is 95.1 Å². The number of hydrogen-bond donors (Lipinski definition) is 2. The maximum absolute atomic E-state index is 13.8. The first-order valence-electron chi connectivity index (χ1n) is 11.9. The second-order valence-corrected chi connectivity index (χ2v) is 10.0. The highest BCUT2D eigenvalue weighted by atomic mass is 32.1. The van der Waals surface area contributed by atoms with Gasteiger partial charge in [0, 0.05) is 11.6 Å². The number of nitriles is 1. The average Bonchev–Trinajstić information content (AvgIpc) is 3.17. The Balaban J connectivity index is 1.63. The fraction of sp³-hybridized carbons (Fsp3) is 0.214. The van der Waals surface area contributed by atoms with E-state index >= 15 is 0 Å². The van der Waals surface area contributed by atoms with Crippen LogP contribution in [0.3, 0.4) is 0 Å². The molecule has 1 spiro atoms. The molecule has 2 aliphatic rings. The molecule has 10 heteroatoms. The molecule has 3 aromatic rings. The summed E-state index contributed by atoms with van der Waals surface area (Å²) in [5, 5.41) is 16.1. The highest BCUT2D eigenvalue weighted by Crippen LogP contribution is 2.51. The molecular weight excluding hydrogens is 527 g/mol. The van der Waals surface area contributed by atoms with E-state index in [-0.39, 0.29) is 21.8 Å². The fourth-order valence-corrected chi connectivity index (χ4v) is 5.73. The summed E-state index contributed by atoms with van der Waals surface area (Å²) in [4.78, 5) is 6.27. The van der Waals surface area contributed by atoms with Crippen molar-refractivity contribution >= 4 is 51.9 Å². The van der Waals surface area contributed by atoms with Gasteiger partial charge in [-0.1, -0.05) is 42.5 Å². The number of benzene rings is 3. The van der Waals surface area contributed by atoms with Crippen molar-refractivity contribution in [1.82, 2.24) is 5.32 Å². The number of anilines is 2. The molecule has 1 heterocycles. The van der Waals surface area contributed by atoms with E-state index < -0.39 is 22.8 Å². The zero-order chi connectivity index (χ0) is 27.1. The number of aliphatic imine (C=N–C) groups is 1. The first-order chi connectivity index (χ1) is 18.1. The average molecular weight is 550 g/mol. The van der Waals surface area contributed by atoms with E-state index in [1.54, 1.807) is 6.07 Å². The van der Waals surface area contributed by atoms with Gasteiger partial charge in [-0.05, 0) is 85.7 Å². The van der Waals surface area contributed by atoms with Crippen LogP contribution in [0.2, 0.25) is 0 Å². The number of nitrogens with zero attached hydrogens (tertiary/aromatic N) is 3. The Kier molecular flexibility index (Phi) is 6.67. The highest BCUT2D eigenvalue weighted by molar-refractivity contribution is 7.81. The molecule has 0 bridgehead atoms. The quantitative estimate of drug-likeness (QED) is 0.355. The van der Waals surface area contributed by atoms with E-state index in [4.69, 9.17) is 29.4 Å². The van der Waals surface area contributed by atoms with Crippen LogP contribution in [0.25, 0.3) is 0 Å². The van der Waals surface area contributed by atoms with Crippen molar-refractivity contribution < 1.29 is 13.2 Å². The Morgan fingerprint density at radius 1 is 1.13 bits per heavy atom. The topological polar surface area (TPSA) is 63.5 Å². The molecule has 0 radical (unpaired) electrons. The van der Waals surface area contributed by atoms with Crippen LogP contribution in [0, 0.1) is 18.3 Å². The van der Waals surface area contributed by atoms with Gasteiger partial charge in [0.25, 0.3) is 0 Å². The SMILES string of the molecule is Cc1ccccc1C1CCC12NC(=S)N(c1ccc(C#N)c(C(F)(F)F)c1)/C2=N/C(=S)Nc1ccccc1. The predicted molar refractivity (Wildman–Crippen MR) is 150 cm³/mol. The molecule has 0 amide bonds. The lowest BCUT2D eigenvalue weighted by molar-refractivity contribution is -0.137. The van der Waals surface area contributed by atoms with Crippen LogP contribution in [0.1, 0.15) is 41.0 Å². The van der Waals surface area contributed by atoms with Crippen LogP contribution in [-0.4, -0.2) is 21.6 Å². The van der Waals surface area contributed by atoms with Crippen LogP contribution < -0.4 is 15.5 Å². The molecule has 2 N–H and O–H groups in total. The van der Waals surface area contributed by atoms with Crippen molar-refractivity contribution in [3.8, 4) is 6.07 Å². The summed E-state index contributed by atoms with van der Waals surface area (Å²) in [7, 11) is 0. The van der Waals surface area contributed by atoms with Gasteiger partial charge in [-0.3, -0.25) is 4.90 Å². The number of alkyl halides is 3. The van der Waals surface area contributed by atoms with Crippen LogP contribution in [0.5, 0.6) is 0 Å². The van der Waals surface area contributed by atoms with Gasteiger partial charge < -0.3 is 10.6 Å². The maximum Gasteiger partial charge on any atom is 0.417 e. The highest BCUT2D eigenvalue weighted by Gasteiger charge is 2.59. The third-order valence-electron chi connectivity index (χ3n) is 7.05. The minimum Gasteiger partial charge on any atom is -0.349 e. The van der Waals surface area contributed by atoms with Gasteiger partial charge in [0.1, 0.15) is 11.4 Å². The van der Waals surface area contributed by atoms with Gasteiger partial charge >= 0.3 is 6.18 Å². The van der Waals surface area contributed by atoms with Gasteiger partial charge in [0.2, 0.25) is 0 Å². The summed E-state index contributed by atoms with van der Waals surface area (Å²) >= 11 is 11.3. The number of halogens is 3. The monoisotopic (exact) mass is 549 g/mol. The lowest BCUT2D eigenvalue weighted by Crippen LogP contribution is -2.59. The Morgan fingerprint density at radius 2 is 1.84 bits per heavy atom. The minimum atomic E-state index is -4.71. The largest absolute Gasteiger partial charge is 0.417 e. The van der Waals surface area contributed by atoms with E-state index in [0.29, 0.717) is 12.3 Å². The van der Waals surface area contributed by atoms with Crippen molar-refractivity contribution in [2.24, 2.45) is 4.99 Å². The van der Waals surface area contributed by atoms with Crippen molar-refractivity contribution in [2.75, 3.05) is 10.2 Å². The van der Waals surface area contributed by atoms with Crippen LogP contribution >= 0.6 is 24.4 Å². The van der Waals surface area contributed by atoms with Crippen molar-refractivity contribution in [3.63, 3.8) is 0 Å². The lowest BCUT2D eigenvalue weighted by Gasteiger charge is -2.47. The number of amidine groups is 1. The molecule has 2 unspecified atom stereocenters. The second-order valence-electron chi connectivity index (χ2n) is 9.26. The molecule has 1 saturated carbocycles. The van der Waals surface area contributed by atoms with E-state index in [1.165, 1.54) is 11.0 Å². The molecule has 3 aromatic carbocycles. The first kappa shape index (κ1) is 25.8. The Labute approximate surface area is 229 Å². The molecule has 192 valence electrons. The number of para-hydroxylation sites is 1. The van der Waals surface area contributed by atoms with Crippen molar-refractivity contribution in [2.45, 2.75) is 37.4 Å². The fourth-order valence-electron chi connectivity index (χ4n) is 5.15. The number of aryl methyl sites for hydroxylation is 1. The van der Waals surface area contributed by atoms with Crippen LogP contribution in [0.4, 0.5) is 24.5 Å². The number of hydrogen-bond acceptors (Lipinski definition) is 3. The van der Waals surface area contributed by atoms with E-state index in [2.05, 4.69) is 16.7 Å². The Hall–Kier alpha value is -3.81. The number of thiocarbonyl (C=S) groups is 2. The van der Waals surface area contributed by atoms with Gasteiger partial charge in [0.15, 0.2) is 10.2 Å². The standard InChI is InChI=1S/C28H22F3N5S2/c1-17-7-5-6-10-21(17)22-13-14-27(22)24(34-25(37)33-19-8-3-2-4-9-19)36(26(38)35-27)20-12-11-18(16-32)23(15-20)28(29,30)31/h2-12,15,22H,13-14H2,1H3,(H,33,37)(H,35,38)/b34-24+. The number of nitrogens with one attached hydrogen (secondary N) is 2. The normalized spacial score (nSPS) is 21.7. The van der Waals surface area contributed by atoms with Crippen LogP contribution in [-0.2, 0) is 6.18 Å². The summed E-state index contributed by atoms with van der Waals surface area (Å²) in [6, 6.07) is 22.5. The third kappa shape index (κ3) is 4.52. The van der Waals surface area contributed by atoms with E-state index in [1.807, 2.05) is 55.5 Å². The summed E-state index contributed by atoms with van der Waals surface area (Å²) in [6.45, 7) is 2.03. The summed E-state index contributed by atoms with van der Waals surface area (Å²) in [6.07, 6.45) is -3.21. The Morgan fingerprint density at radius 3 is 2.47 bits per heavy atom. The van der Waals surface area contributed by atoms with Gasteiger partial charge in [-0.25, -0.2) is 4.99 Å². The summed E-state index contributed by atoms with van der Waals surface area (Å²) < 4.78 is 41.5. The predicted octanol–water partition coefficient (Wildman–Crippen LogP) is 6.69. The summed E-state index contributed by atoms with van der Waals surface area (Å²) in [5.74, 6) is 0.402. The zero-order valence-electron chi connectivity index (χ0n) is 20.2. The second kappa shape index (κ2) is 9.82. The smallest absolute Gasteiger partial charge is 0.349 e. The molecule has 2 atom stereocenters. The third-order valence-corrected chi connectivity index (χ3v) is 7.53. The van der Waals surface area contributed by atoms with Crippen LogP contribution in [0.15, 0.2) is 77.8 Å². The van der Waals surface area contributed by atoms with E-state index in [0.717, 1.165) is 35.4 Å². The Bertz CT molecular complexity index is 1500. The molecule has 1 aliphatic carbocycles. The van der Waals surface area contributed by atoms with E-state index in [9.17, 15) is 18.4 Å². The number of rotatable bonds is 3. The minimum absolute atomic E-state index is 0.0228. The molecule has 1 aliphatic heterocycles. The van der Waals surface area contributed by atoms with Crippen molar-refractivity contribution in [1.29, 1.82) is 5.26 Å². The summed E-state index contributed by atoms with van der Waals surface area (Å²) in [5.41, 5.74) is 0.856. The van der Waals surface area contributed by atoms with Gasteiger partial charge in [-0.15, -0.1) is 0 Å². The molecular formula is C28H22F3N5S2. The lowest BCUT2D eigenvalue weighted by atomic mass is 9.62. The van der Waals surface area contributed by atoms with Gasteiger partial charge in [-0.2, -0.15) is 18.4 Å². The molecule has 38 heavy (non-hydrogen) atoms. The molecule has 5 rings (SSSR count). The first-order valence-corrected chi connectivity index (χ1v) is 12.7.